The van der Waals surface area contributed by atoms with Gasteiger partial charge in [0.25, 0.3) is 0 Å². The van der Waals surface area contributed by atoms with Crippen molar-refractivity contribution in [3.63, 3.8) is 0 Å². The Hall–Kier alpha value is -2.34. The Kier molecular flexibility index (Phi) is 7.05. The van der Waals surface area contributed by atoms with Crippen molar-refractivity contribution in [2.45, 2.75) is 77.2 Å². The SMILES string of the molecule is CCNC(=NCc1ccn(C2CCCC2)n1)NC1CC(C)N(Cc2ccccc2)C1. The first-order valence-electron chi connectivity index (χ1n) is 11.6. The van der Waals surface area contributed by atoms with Crippen molar-refractivity contribution in [3.05, 3.63) is 53.9 Å². The fourth-order valence-corrected chi connectivity index (χ4v) is 4.75. The Bertz CT molecular complexity index is 808. The van der Waals surface area contributed by atoms with Gasteiger partial charge in [-0.2, -0.15) is 5.10 Å². The highest BCUT2D eigenvalue weighted by atomic mass is 15.3. The molecule has 2 aromatic rings. The summed E-state index contributed by atoms with van der Waals surface area (Å²) in [4.78, 5) is 7.38. The summed E-state index contributed by atoms with van der Waals surface area (Å²) in [6, 6.07) is 14.4. The molecule has 162 valence electrons. The molecule has 0 spiro atoms. The predicted molar refractivity (Wildman–Crippen MR) is 122 cm³/mol. The van der Waals surface area contributed by atoms with Gasteiger partial charge in [-0.3, -0.25) is 9.58 Å². The predicted octanol–water partition coefficient (Wildman–Crippen LogP) is 3.72. The summed E-state index contributed by atoms with van der Waals surface area (Å²) in [5, 5.41) is 11.8. The van der Waals surface area contributed by atoms with E-state index in [9.17, 15) is 0 Å². The van der Waals surface area contributed by atoms with Crippen LogP contribution in [0.4, 0.5) is 0 Å². The number of hydrogen-bond acceptors (Lipinski definition) is 3. The molecule has 0 radical (unpaired) electrons. The number of benzene rings is 1. The van der Waals surface area contributed by atoms with Crippen LogP contribution in [0.3, 0.4) is 0 Å². The zero-order valence-corrected chi connectivity index (χ0v) is 18.4. The summed E-state index contributed by atoms with van der Waals surface area (Å²) in [6.45, 7) is 7.96. The second-order valence-corrected chi connectivity index (χ2v) is 8.76. The number of guanidine groups is 1. The molecule has 0 amide bonds. The first-order valence-corrected chi connectivity index (χ1v) is 11.6. The fraction of sp³-hybridized carbons (Fsp3) is 0.583. The monoisotopic (exact) mass is 408 g/mol. The third-order valence-corrected chi connectivity index (χ3v) is 6.38. The van der Waals surface area contributed by atoms with Gasteiger partial charge in [0.1, 0.15) is 0 Å². The van der Waals surface area contributed by atoms with Crippen LogP contribution < -0.4 is 10.6 Å². The third kappa shape index (κ3) is 5.42. The van der Waals surface area contributed by atoms with Gasteiger partial charge in [0.05, 0.1) is 18.3 Å². The molecule has 30 heavy (non-hydrogen) atoms. The normalized spacial score (nSPS) is 23.2. The zero-order valence-electron chi connectivity index (χ0n) is 18.4. The van der Waals surface area contributed by atoms with E-state index >= 15 is 0 Å². The second-order valence-electron chi connectivity index (χ2n) is 8.76. The van der Waals surface area contributed by atoms with Gasteiger partial charge < -0.3 is 10.6 Å². The van der Waals surface area contributed by atoms with E-state index in [0.717, 1.165) is 37.7 Å². The number of hydrogen-bond donors (Lipinski definition) is 2. The fourth-order valence-electron chi connectivity index (χ4n) is 4.75. The van der Waals surface area contributed by atoms with E-state index in [0.29, 0.717) is 24.7 Å². The zero-order chi connectivity index (χ0) is 20.8. The van der Waals surface area contributed by atoms with Crippen LogP contribution in [0.5, 0.6) is 0 Å². The number of nitrogens with one attached hydrogen (secondary N) is 2. The van der Waals surface area contributed by atoms with Crippen LogP contribution in [0.25, 0.3) is 0 Å². The molecular formula is C24H36N6. The molecule has 2 unspecified atom stereocenters. The highest BCUT2D eigenvalue weighted by molar-refractivity contribution is 5.80. The second kappa shape index (κ2) is 10.1. The highest BCUT2D eigenvalue weighted by Gasteiger charge is 2.29. The molecule has 1 saturated heterocycles. The van der Waals surface area contributed by atoms with E-state index in [1.807, 2.05) is 0 Å². The van der Waals surface area contributed by atoms with Gasteiger partial charge in [-0.15, -0.1) is 0 Å². The molecule has 2 atom stereocenters. The third-order valence-electron chi connectivity index (χ3n) is 6.38. The molecule has 1 aromatic heterocycles. The van der Waals surface area contributed by atoms with Crippen LogP contribution in [-0.4, -0.2) is 45.8 Å². The summed E-state index contributed by atoms with van der Waals surface area (Å²) in [5.74, 6) is 0.895. The maximum absolute atomic E-state index is 4.82. The van der Waals surface area contributed by atoms with E-state index in [-0.39, 0.29) is 0 Å². The first kappa shape index (κ1) is 20.9. The molecule has 2 aliphatic rings. The van der Waals surface area contributed by atoms with E-state index in [4.69, 9.17) is 10.1 Å². The van der Waals surface area contributed by atoms with Gasteiger partial charge in [-0.1, -0.05) is 43.2 Å². The molecule has 4 rings (SSSR count). The van der Waals surface area contributed by atoms with Crippen molar-refractivity contribution in [3.8, 4) is 0 Å². The van der Waals surface area contributed by atoms with E-state index in [2.05, 4.69) is 76.7 Å². The van der Waals surface area contributed by atoms with E-state index in [1.165, 1.54) is 31.2 Å². The topological polar surface area (TPSA) is 57.5 Å². The molecule has 2 fully saturated rings. The van der Waals surface area contributed by atoms with Crippen molar-refractivity contribution in [2.24, 2.45) is 4.99 Å². The Morgan fingerprint density at radius 3 is 2.73 bits per heavy atom. The molecular weight excluding hydrogens is 372 g/mol. The minimum atomic E-state index is 0.414. The molecule has 1 aliphatic heterocycles. The lowest BCUT2D eigenvalue weighted by atomic mass is 10.2. The van der Waals surface area contributed by atoms with Crippen LogP contribution in [-0.2, 0) is 13.1 Å². The Morgan fingerprint density at radius 1 is 1.17 bits per heavy atom. The summed E-state index contributed by atoms with van der Waals surface area (Å²) < 4.78 is 2.15. The van der Waals surface area contributed by atoms with Crippen molar-refractivity contribution in [1.82, 2.24) is 25.3 Å². The van der Waals surface area contributed by atoms with Crippen LogP contribution in [0.15, 0.2) is 47.6 Å². The van der Waals surface area contributed by atoms with Gasteiger partial charge >= 0.3 is 0 Å². The summed E-state index contributed by atoms with van der Waals surface area (Å²) in [6.07, 6.45) is 8.43. The Labute approximate surface area is 180 Å². The molecule has 6 heteroatoms. The van der Waals surface area contributed by atoms with Gasteiger partial charge in [0.15, 0.2) is 5.96 Å². The van der Waals surface area contributed by atoms with Gasteiger partial charge in [0, 0.05) is 37.9 Å². The first-order chi connectivity index (χ1) is 14.7. The van der Waals surface area contributed by atoms with Crippen LogP contribution in [0, 0.1) is 0 Å². The smallest absolute Gasteiger partial charge is 0.191 e. The lowest BCUT2D eigenvalue weighted by Crippen LogP contribution is -2.44. The number of rotatable bonds is 7. The number of aliphatic imine (C=N–C) groups is 1. The minimum absolute atomic E-state index is 0.414. The quantitative estimate of drug-likeness (QED) is 0.542. The summed E-state index contributed by atoms with van der Waals surface area (Å²) in [7, 11) is 0. The Balaban J connectivity index is 1.32. The molecule has 1 aliphatic carbocycles. The van der Waals surface area contributed by atoms with Gasteiger partial charge in [-0.25, -0.2) is 4.99 Å². The minimum Gasteiger partial charge on any atom is -0.357 e. The van der Waals surface area contributed by atoms with E-state index < -0.39 is 0 Å². The molecule has 6 nitrogen and oxygen atoms in total. The molecule has 0 bridgehead atoms. The number of likely N-dealkylation sites (tertiary alicyclic amines) is 1. The largest absolute Gasteiger partial charge is 0.357 e. The maximum Gasteiger partial charge on any atom is 0.191 e. The van der Waals surface area contributed by atoms with Crippen molar-refractivity contribution < 1.29 is 0 Å². The lowest BCUT2D eigenvalue weighted by Gasteiger charge is -2.21. The molecule has 2 heterocycles. The van der Waals surface area contributed by atoms with Crippen molar-refractivity contribution in [1.29, 1.82) is 0 Å². The highest BCUT2D eigenvalue weighted by Crippen LogP contribution is 2.28. The van der Waals surface area contributed by atoms with Gasteiger partial charge in [0.2, 0.25) is 0 Å². The van der Waals surface area contributed by atoms with Crippen LogP contribution in [0.1, 0.15) is 63.3 Å². The maximum atomic E-state index is 4.82. The van der Waals surface area contributed by atoms with E-state index in [1.54, 1.807) is 0 Å². The van der Waals surface area contributed by atoms with Gasteiger partial charge in [-0.05, 0) is 44.7 Å². The molecule has 2 N–H and O–H groups in total. The number of nitrogens with zero attached hydrogens (tertiary/aromatic N) is 4. The standard InChI is InChI=1S/C24H36N6/c1-3-25-24(26-16-21-13-14-30(28-21)23-11-7-8-12-23)27-22-15-19(2)29(18-22)17-20-9-5-4-6-10-20/h4-6,9-10,13-14,19,22-23H,3,7-8,11-12,15-18H2,1-2H3,(H2,25,26,27). The lowest BCUT2D eigenvalue weighted by molar-refractivity contribution is 0.258. The summed E-state index contributed by atoms with van der Waals surface area (Å²) >= 11 is 0. The summed E-state index contributed by atoms with van der Waals surface area (Å²) in [5.41, 5.74) is 2.42. The Morgan fingerprint density at radius 2 is 1.97 bits per heavy atom. The van der Waals surface area contributed by atoms with Crippen LogP contribution in [0.2, 0.25) is 0 Å². The van der Waals surface area contributed by atoms with Crippen molar-refractivity contribution in [2.75, 3.05) is 13.1 Å². The molecule has 1 saturated carbocycles. The van der Waals surface area contributed by atoms with Crippen molar-refractivity contribution >= 4 is 5.96 Å². The number of aromatic nitrogens is 2. The van der Waals surface area contributed by atoms with Crippen LogP contribution >= 0.6 is 0 Å². The average Bonchev–Trinajstić information content (AvgIpc) is 3.49. The average molecular weight is 409 g/mol. The molecule has 1 aromatic carbocycles.